The standard InChI is InChI=1S/C22H25N3O3S3/c26-22(17-7-4-12-25(15-17)31(27,28)20-10-5-13-29-20)24-11-3-6-16(14-24)21-23-18-8-1-2-9-19(18)30-21/h1-2,5,8-10,13,16-17H,3-4,6-7,11-12,14-15H2. The number of carbonyl (C=O) groups is 1. The summed E-state index contributed by atoms with van der Waals surface area (Å²) in [6, 6.07) is 11.5. The second-order valence-electron chi connectivity index (χ2n) is 8.28. The third-order valence-electron chi connectivity index (χ3n) is 6.22. The van der Waals surface area contributed by atoms with Crippen LogP contribution >= 0.6 is 22.7 Å². The maximum absolute atomic E-state index is 13.4. The van der Waals surface area contributed by atoms with Gasteiger partial charge in [0.05, 0.1) is 21.1 Å². The van der Waals surface area contributed by atoms with E-state index in [0.29, 0.717) is 17.3 Å². The first kappa shape index (κ1) is 21.1. The number of piperidine rings is 2. The van der Waals surface area contributed by atoms with E-state index < -0.39 is 10.0 Å². The Labute approximate surface area is 190 Å². The number of likely N-dealkylation sites (tertiary alicyclic amines) is 1. The second kappa shape index (κ2) is 8.61. The number of para-hydroxylation sites is 1. The molecule has 164 valence electrons. The van der Waals surface area contributed by atoms with Crippen LogP contribution in [0.15, 0.2) is 46.0 Å². The highest BCUT2D eigenvalue weighted by atomic mass is 32.2. The molecule has 6 nitrogen and oxygen atoms in total. The molecule has 2 unspecified atom stereocenters. The van der Waals surface area contributed by atoms with Gasteiger partial charge in [0.1, 0.15) is 4.21 Å². The van der Waals surface area contributed by atoms with Gasteiger partial charge in [-0.25, -0.2) is 13.4 Å². The minimum Gasteiger partial charge on any atom is -0.342 e. The topological polar surface area (TPSA) is 70.6 Å². The fourth-order valence-corrected chi connectivity index (χ4v) is 8.36. The number of rotatable bonds is 4. The zero-order valence-corrected chi connectivity index (χ0v) is 19.6. The number of nitrogens with zero attached hydrogens (tertiary/aromatic N) is 3. The molecular formula is C22H25N3O3S3. The van der Waals surface area contributed by atoms with Crippen LogP contribution in [0.1, 0.15) is 36.6 Å². The first-order valence-electron chi connectivity index (χ1n) is 10.7. The quantitative estimate of drug-likeness (QED) is 0.568. The Bertz CT molecular complexity index is 1140. The molecule has 1 amide bonds. The van der Waals surface area contributed by atoms with Crippen molar-refractivity contribution in [3.63, 3.8) is 0 Å². The molecule has 2 aliphatic rings. The Morgan fingerprint density at radius 2 is 1.87 bits per heavy atom. The summed E-state index contributed by atoms with van der Waals surface area (Å²) in [7, 11) is -3.51. The molecular weight excluding hydrogens is 450 g/mol. The van der Waals surface area contributed by atoms with Crippen molar-refractivity contribution in [2.75, 3.05) is 26.2 Å². The van der Waals surface area contributed by atoms with Gasteiger partial charge in [-0.3, -0.25) is 4.79 Å². The van der Waals surface area contributed by atoms with Crippen LogP contribution in [-0.4, -0.2) is 54.7 Å². The lowest BCUT2D eigenvalue weighted by atomic mass is 9.94. The van der Waals surface area contributed by atoms with Crippen LogP contribution in [0.25, 0.3) is 10.2 Å². The van der Waals surface area contributed by atoms with Gasteiger partial charge in [-0.05, 0) is 49.3 Å². The molecule has 0 bridgehead atoms. The van der Waals surface area contributed by atoms with Crippen molar-refractivity contribution in [1.82, 2.24) is 14.2 Å². The number of hydrogen-bond acceptors (Lipinski definition) is 6. The lowest BCUT2D eigenvalue weighted by molar-refractivity contribution is -0.137. The number of sulfonamides is 1. The fourth-order valence-electron chi connectivity index (χ4n) is 4.60. The van der Waals surface area contributed by atoms with Crippen molar-refractivity contribution >= 4 is 48.8 Å². The number of carbonyl (C=O) groups excluding carboxylic acids is 1. The van der Waals surface area contributed by atoms with E-state index in [1.807, 2.05) is 23.1 Å². The van der Waals surface area contributed by atoms with E-state index in [0.717, 1.165) is 42.8 Å². The third-order valence-corrected chi connectivity index (χ3v) is 10.7. The predicted molar refractivity (Wildman–Crippen MR) is 124 cm³/mol. The Balaban J connectivity index is 1.29. The molecule has 5 rings (SSSR count). The Morgan fingerprint density at radius 3 is 2.68 bits per heavy atom. The zero-order valence-electron chi connectivity index (χ0n) is 17.1. The number of aromatic nitrogens is 1. The van der Waals surface area contributed by atoms with Gasteiger partial charge in [-0.15, -0.1) is 22.7 Å². The van der Waals surface area contributed by atoms with Crippen molar-refractivity contribution in [3.8, 4) is 0 Å². The maximum Gasteiger partial charge on any atom is 0.252 e. The highest BCUT2D eigenvalue weighted by Crippen LogP contribution is 2.34. The molecule has 2 atom stereocenters. The van der Waals surface area contributed by atoms with Gasteiger partial charge in [-0.1, -0.05) is 18.2 Å². The summed E-state index contributed by atoms with van der Waals surface area (Å²) in [4.78, 5) is 20.1. The van der Waals surface area contributed by atoms with Gasteiger partial charge >= 0.3 is 0 Å². The van der Waals surface area contributed by atoms with Gasteiger partial charge in [0.15, 0.2) is 0 Å². The smallest absolute Gasteiger partial charge is 0.252 e. The van der Waals surface area contributed by atoms with Crippen molar-refractivity contribution < 1.29 is 13.2 Å². The van der Waals surface area contributed by atoms with Crippen LogP contribution in [0.3, 0.4) is 0 Å². The van der Waals surface area contributed by atoms with Gasteiger partial charge < -0.3 is 4.90 Å². The van der Waals surface area contributed by atoms with E-state index in [9.17, 15) is 13.2 Å². The average Bonchev–Trinajstić information content (AvgIpc) is 3.49. The third kappa shape index (κ3) is 4.16. The van der Waals surface area contributed by atoms with Crippen molar-refractivity contribution in [2.45, 2.75) is 35.8 Å². The normalized spacial score (nSPS) is 23.3. The SMILES string of the molecule is O=C(C1CCCN(S(=O)(=O)c2cccs2)C1)N1CCCC(c2nc3ccccc3s2)C1. The molecule has 0 spiro atoms. The van der Waals surface area contributed by atoms with Crippen molar-refractivity contribution in [3.05, 3.63) is 46.8 Å². The number of fused-ring (bicyclic) bond motifs is 1. The van der Waals surface area contributed by atoms with E-state index >= 15 is 0 Å². The summed E-state index contributed by atoms with van der Waals surface area (Å²) in [5.74, 6) is 0.0825. The van der Waals surface area contributed by atoms with Gasteiger partial charge in [-0.2, -0.15) is 4.31 Å². The van der Waals surface area contributed by atoms with Crippen LogP contribution in [0, 0.1) is 5.92 Å². The van der Waals surface area contributed by atoms with Gasteiger partial charge in [0.25, 0.3) is 10.0 Å². The first-order valence-corrected chi connectivity index (χ1v) is 13.8. The average molecular weight is 476 g/mol. The van der Waals surface area contributed by atoms with Crippen LogP contribution in [0.5, 0.6) is 0 Å². The van der Waals surface area contributed by atoms with Gasteiger partial charge in [0, 0.05) is 32.1 Å². The molecule has 2 aromatic heterocycles. The zero-order chi connectivity index (χ0) is 21.4. The number of thiophene rings is 1. The van der Waals surface area contributed by atoms with Crippen LogP contribution in [0.2, 0.25) is 0 Å². The molecule has 0 N–H and O–H groups in total. The lowest BCUT2D eigenvalue weighted by Gasteiger charge is -2.37. The molecule has 3 aromatic rings. The highest BCUT2D eigenvalue weighted by molar-refractivity contribution is 7.91. The molecule has 2 fully saturated rings. The van der Waals surface area contributed by atoms with Gasteiger partial charge in [0.2, 0.25) is 5.91 Å². The Hall–Kier alpha value is -1.81. The molecule has 9 heteroatoms. The summed E-state index contributed by atoms with van der Waals surface area (Å²) >= 11 is 2.95. The van der Waals surface area contributed by atoms with E-state index in [2.05, 4.69) is 6.07 Å². The van der Waals surface area contributed by atoms with Crippen molar-refractivity contribution in [1.29, 1.82) is 0 Å². The molecule has 0 saturated carbocycles. The molecule has 2 aliphatic heterocycles. The summed E-state index contributed by atoms with van der Waals surface area (Å²) in [5.41, 5.74) is 1.02. The summed E-state index contributed by atoms with van der Waals surface area (Å²) < 4.78 is 28.9. The Morgan fingerprint density at radius 1 is 1.03 bits per heavy atom. The minimum atomic E-state index is -3.51. The van der Waals surface area contributed by atoms with Crippen LogP contribution in [-0.2, 0) is 14.8 Å². The monoisotopic (exact) mass is 475 g/mol. The molecule has 0 radical (unpaired) electrons. The lowest BCUT2D eigenvalue weighted by Crippen LogP contribution is -2.48. The molecule has 0 aliphatic carbocycles. The maximum atomic E-state index is 13.4. The number of hydrogen-bond donors (Lipinski definition) is 0. The summed E-state index contributed by atoms with van der Waals surface area (Å²) in [6.45, 7) is 2.18. The molecule has 4 heterocycles. The fraction of sp³-hybridized carbons (Fsp3) is 0.455. The van der Waals surface area contributed by atoms with E-state index in [1.165, 1.54) is 20.3 Å². The second-order valence-corrected chi connectivity index (χ2v) is 12.5. The number of amides is 1. The molecule has 2 saturated heterocycles. The van der Waals surface area contributed by atoms with Crippen LogP contribution in [0.4, 0.5) is 0 Å². The first-order chi connectivity index (χ1) is 15.0. The van der Waals surface area contributed by atoms with Crippen molar-refractivity contribution in [2.24, 2.45) is 5.92 Å². The molecule has 1 aromatic carbocycles. The van der Waals surface area contributed by atoms with E-state index in [-0.39, 0.29) is 24.3 Å². The number of benzene rings is 1. The van der Waals surface area contributed by atoms with Crippen LogP contribution < -0.4 is 0 Å². The van der Waals surface area contributed by atoms with E-state index in [1.54, 1.807) is 28.8 Å². The summed E-state index contributed by atoms with van der Waals surface area (Å²) in [6.07, 6.45) is 3.46. The Kier molecular flexibility index (Phi) is 5.85. The molecule has 31 heavy (non-hydrogen) atoms. The number of thiazole rings is 1. The largest absolute Gasteiger partial charge is 0.342 e. The summed E-state index contributed by atoms with van der Waals surface area (Å²) in [5, 5.41) is 2.87. The highest BCUT2D eigenvalue weighted by Gasteiger charge is 2.37. The van der Waals surface area contributed by atoms with E-state index in [4.69, 9.17) is 4.98 Å². The minimum absolute atomic E-state index is 0.0943. The predicted octanol–water partition coefficient (Wildman–Crippen LogP) is 4.16.